The van der Waals surface area contributed by atoms with E-state index in [0.717, 1.165) is 11.0 Å². The van der Waals surface area contributed by atoms with Crippen molar-refractivity contribution in [3.63, 3.8) is 0 Å². The van der Waals surface area contributed by atoms with Crippen LogP contribution >= 0.6 is 0 Å². The second-order valence-corrected chi connectivity index (χ2v) is 4.49. The Morgan fingerprint density at radius 3 is 2.70 bits per heavy atom. The van der Waals surface area contributed by atoms with Gasteiger partial charge in [-0.15, -0.1) is 0 Å². The summed E-state index contributed by atoms with van der Waals surface area (Å²) in [5, 5.41) is 13.5. The molecule has 1 N–H and O–H groups in total. The molecule has 0 aliphatic carbocycles. The quantitative estimate of drug-likeness (QED) is 0.676. The van der Waals surface area contributed by atoms with Gasteiger partial charge in [0.2, 0.25) is 11.7 Å². The Morgan fingerprint density at radius 2 is 2.10 bits per heavy atom. The van der Waals surface area contributed by atoms with Crippen molar-refractivity contribution in [2.24, 2.45) is 0 Å². The molecule has 8 heteroatoms. The van der Waals surface area contributed by atoms with Crippen molar-refractivity contribution in [3.8, 4) is 0 Å². The van der Waals surface area contributed by atoms with Gasteiger partial charge < -0.3 is 10.2 Å². The standard InChI is InChI=1S/C12H13F2N3O3/c1-15-9-3-2-4-16(12(9)18)10-6-11(17(19)20)8(14)5-7(10)13/h5-6,9,15H,2-4H2,1H3. The highest BCUT2D eigenvalue weighted by molar-refractivity contribution is 5.98. The van der Waals surface area contributed by atoms with Crippen molar-refractivity contribution in [2.45, 2.75) is 18.9 Å². The molecule has 0 aromatic heterocycles. The fourth-order valence-corrected chi connectivity index (χ4v) is 2.26. The van der Waals surface area contributed by atoms with Crippen molar-refractivity contribution >= 4 is 17.3 Å². The zero-order chi connectivity index (χ0) is 14.9. The number of benzene rings is 1. The highest BCUT2D eigenvalue weighted by Gasteiger charge is 2.31. The molecule has 1 aliphatic rings. The van der Waals surface area contributed by atoms with Crippen LogP contribution in [0, 0.1) is 21.7 Å². The maximum absolute atomic E-state index is 13.8. The summed E-state index contributed by atoms with van der Waals surface area (Å²) >= 11 is 0. The first-order chi connectivity index (χ1) is 9.45. The monoisotopic (exact) mass is 285 g/mol. The molecule has 1 amide bonds. The Hall–Kier alpha value is -2.09. The third-order valence-corrected chi connectivity index (χ3v) is 3.29. The molecule has 0 bridgehead atoms. The molecular weight excluding hydrogens is 272 g/mol. The fraction of sp³-hybridized carbons (Fsp3) is 0.417. The lowest BCUT2D eigenvalue weighted by molar-refractivity contribution is -0.387. The summed E-state index contributed by atoms with van der Waals surface area (Å²) in [5.74, 6) is -2.62. The molecule has 108 valence electrons. The summed E-state index contributed by atoms with van der Waals surface area (Å²) in [6, 6.07) is 0.733. The molecule has 0 spiro atoms. The van der Waals surface area contributed by atoms with Gasteiger partial charge in [0, 0.05) is 18.7 Å². The molecule has 1 fully saturated rings. The number of nitro groups is 1. The van der Waals surface area contributed by atoms with Crippen molar-refractivity contribution in [3.05, 3.63) is 33.9 Å². The van der Waals surface area contributed by atoms with E-state index in [2.05, 4.69) is 5.32 Å². The normalized spacial score (nSPS) is 19.2. The van der Waals surface area contributed by atoms with Gasteiger partial charge in [0.05, 0.1) is 16.7 Å². The van der Waals surface area contributed by atoms with Gasteiger partial charge in [-0.05, 0) is 19.9 Å². The number of piperidine rings is 1. The van der Waals surface area contributed by atoms with E-state index in [4.69, 9.17) is 0 Å². The lowest BCUT2D eigenvalue weighted by Gasteiger charge is -2.32. The molecule has 1 saturated heterocycles. The highest BCUT2D eigenvalue weighted by atomic mass is 19.1. The molecule has 0 radical (unpaired) electrons. The van der Waals surface area contributed by atoms with Gasteiger partial charge in [-0.2, -0.15) is 4.39 Å². The number of carbonyl (C=O) groups excluding carboxylic acids is 1. The van der Waals surface area contributed by atoms with Crippen LogP contribution in [0.5, 0.6) is 0 Å². The van der Waals surface area contributed by atoms with E-state index >= 15 is 0 Å². The van der Waals surface area contributed by atoms with Crippen LogP contribution in [0.25, 0.3) is 0 Å². The molecule has 0 saturated carbocycles. The minimum absolute atomic E-state index is 0.247. The Bertz CT molecular complexity index is 565. The molecule has 1 aromatic carbocycles. The molecule has 1 unspecified atom stereocenters. The number of amides is 1. The summed E-state index contributed by atoms with van der Waals surface area (Å²) in [6.45, 7) is 0.247. The van der Waals surface area contributed by atoms with Crippen LogP contribution in [-0.4, -0.2) is 30.5 Å². The topological polar surface area (TPSA) is 75.5 Å². The minimum atomic E-state index is -1.26. The number of hydrogen-bond donors (Lipinski definition) is 1. The Balaban J connectivity index is 2.44. The van der Waals surface area contributed by atoms with Gasteiger partial charge in [0.1, 0.15) is 5.82 Å². The molecule has 1 aromatic rings. The number of nitrogens with zero attached hydrogens (tertiary/aromatic N) is 2. The van der Waals surface area contributed by atoms with E-state index in [-0.39, 0.29) is 18.1 Å². The maximum Gasteiger partial charge on any atom is 0.307 e. The van der Waals surface area contributed by atoms with Crippen LogP contribution in [0.3, 0.4) is 0 Å². The number of rotatable bonds is 3. The second kappa shape index (κ2) is 5.49. The van der Waals surface area contributed by atoms with E-state index in [0.29, 0.717) is 18.9 Å². The van der Waals surface area contributed by atoms with Crippen molar-refractivity contribution < 1.29 is 18.5 Å². The summed E-state index contributed by atoms with van der Waals surface area (Å²) in [5.41, 5.74) is -1.11. The summed E-state index contributed by atoms with van der Waals surface area (Å²) in [4.78, 5) is 23.0. The summed E-state index contributed by atoms with van der Waals surface area (Å²) < 4.78 is 27.1. The first-order valence-electron chi connectivity index (χ1n) is 6.07. The maximum atomic E-state index is 13.8. The zero-order valence-electron chi connectivity index (χ0n) is 10.7. The Kier molecular flexibility index (Phi) is 3.93. The zero-order valence-corrected chi connectivity index (χ0v) is 10.7. The van der Waals surface area contributed by atoms with E-state index in [9.17, 15) is 23.7 Å². The van der Waals surface area contributed by atoms with E-state index in [1.807, 2.05) is 0 Å². The molecule has 6 nitrogen and oxygen atoms in total. The van der Waals surface area contributed by atoms with E-state index in [1.54, 1.807) is 7.05 Å². The van der Waals surface area contributed by atoms with Crippen LogP contribution < -0.4 is 10.2 Å². The van der Waals surface area contributed by atoms with Crippen molar-refractivity contribution in [1.82, 2.24) is 5.32 Å². The minimum Gasteiger partial charge on any atom is -0.309 e. The average Bonchev–Trinajstić information content (AvgIpc) is 2.39. The van der Waals surface area contributed by atoms with Crippen LogP contribution in [0.4, 0.5) is 20.2 Å². The largest absolute Gasteiger partial charge is 0.309 e. The molecule has 1 atom stereocenters. The average molecular weight is 285 g/mol. The van der Waals surface area contributed by atoms with Crippen molar-refractivity contribution in [1.29, 1.82) is 0 Å². The smallest absolute Gasteiger partial charge is 0.307 e. The third kappa shape index (κ3) is 2.46. The number of hydrogen-bond acceptors (Lipinski definition) is 4. The van der Waals surface area contributed by atoms with Gasteiger partial charge in [-0.1, -0.05) is 0 Å². The number of halogens is 2. The van der Waals surface area contributed by atoms with Gasteiger partial charge in [-0.25, -0.2) is 4.39 Å². The van der Waals surface area contributed by atoms with Gasteiger partial charge in [-0.3, -0.25) is 14.9 Å². The van der Waals surface area contributed by atoms with Crippen LogP contribution in [0.1, 0.15) is 12.8 Å². The van der Waals surface area contributed by atoms with Crippen LogP contribution in [0.15, 0.2) is 12.1 Å². The van der Waals surface area contributed by atoms with Gasteiger partial charge in [0.15, 0.2) is 0 Å². The molecular formula is C12H13F2N3O3. The second-order valence-electron chi connectivity index (χ2n) is 4.49. The van der Waals surface area contributed by atoms with Gasteiger partial charge >= 0.3 is 5.69 Å². The van der Waals surface area contributed by atoms with Gasteiger partial charge in [0.25, 0.3) is 0 Å². The van der Waals surface area contributed by atoms with E-state index in [1.165, 1.54) is 0 Å². The molecule has 2 rings (SSSR count). The number of nitrogens with one attached hydrogen (secondary N) is 1. The lowest BCUT2D eigenvalue weighted by Crippen LogP contribution is -2.50. The number of carbonyl (C=O) groups is 1. The molecule has 20 heavy (non-hydrogen) atoms. The fourth-order valence-electron chi connectivity index (χ4n) is 2.26. The van der Waals surface area contributed by atoms with Crippen LogP contribution in [-0.2, 0) is 4.79 Å². The third-order valence-electron chi connectivity index (χ3n) is 3.29. The van der Waals surface area contributed by atoms with Crippen LogP contribution in [0.2, 0.25) is 0 Å². The first-order valence-corrected chi connectivity index (χ1v) is 6.07. The Labute approximate surface area is 113 Å². The number of nitro benzene ring substituents is 1. The lowest BCUT2D eigenvalue weighted by atomic mass is 10.0. The predicted molar refractivity (Wildman–Crippen MR) is 67.4 cm³/mol. The predicted octanol–water partition coefficient (Wildman–Crippen LogP) is 1.59. The SMILES string of the molecule is CNC1CCCN(c2cc([N+](=O)[O-])c(F)cc2F)C1=O. The number of anilines is 1. The molecule has 1 heterocycles. The summed E-state index contributed by atoms with van der Waals surface area (Å²) in [7, 11) is 1.61. The Morgan fingerprint density at radius 1 is 1.40 bits per heavy atom. The van der Waals surface area contributed by atoms with Crippen molar-refractivity contribution in [2.75, 3.05) is 18.5 Å². The highest BCUT2D eigenvalue weighted by Crippen LogP contribution is 2.30. The first kappa shape index (κ1) is 14.3. The summed E-state index contributed by atoms with van der Waals surface area (Å²) in [6.07, 6.45) is 1.23. The van der Waals surface area contributed by atoms with E-state index < -0.39 is 28.3 Å². The molecule has 1 aliphatic heterocycles. The number of likely N-dealkylation sites (N-methyl/N-ethyl adjacent to an activating group) is 1.